The molecule has 3 aliphatic rings. The lowest BCUT2D eigenvalue weighted by atomic mass is 9.63. The SMILES string of the molecule is O=C1/C(=C/c2ccc([N+](=O)[O-])cc2)CC[C@]12C[C@@H]1CCCC[C@@]1(O)O[C@H]2c1ccc([N+](=O)[O-])cc1. The summed E-state index contributed by atoms with van der Waals surface area (Å²) in [5.74, 6) is -1.53. The highest BCUT2D eigenvalue weighted by atomic mass is 16.6. The molecule has 0 amide bonds. The molecule has 35 heavy (non-hydrogen) atoms. The number of allylic oxidation sites excluding steroid dienone is 1. The molecule has 9 heteroatoms. The van der Waals surface area contributed by atoms with Gasteiger partial charge in [0, 0.05) is 36.6 Å². The first-order valence-electron chi connectivity index (χ1n) is 11.9. The zero-order chi connectivity index (χ0) is 24.8. The molecule has 0 aromatic heterocycles. The highest BCUT2D eigenvalue weighted by Gasteiger charge is 2.61. The summed E-state index contributed by atoms with van der Waals surface area (Å²) in [6.07, 6.45) is 5.68. The van der Waals surface area contributed by atoms with Crippen molar-refractivity contribution in [3.05, 3.63) is 85.5 Å². The number of non-ortho nitro benzene ring substituents is 2. The molecule has 2 saturated carbocycles. The lowest BCUT2D eigenvalue weighted by Gasteiger charge is -2.53. The molecule has 2 aliphatic carbocycles. The summed E-state index contributed by atoms with van der Waals surface area (Å²) in [4.78, 5) is 35.1. The number of rotatable bonds is 4. The summed E-state index contributed by atoms with van der Waals surface area (Å²) >= 11 is 0. The standard InChI is InChI=1S/C26H26N2O7/c29-23-19(15-17-4-8-21(9-5-17)27(31)32)12-14-25(23)16-20-3-1-2-13-26(20,30)35-24(25)18-6-10-22(11-7-18)28(33)34/h4-11,15,20,24,30H,1-3,12-14,16H2/b19-15+/t20-,24-,25-,26+/m0/s1. The summed E-state index contributed by atoms with van der Waals surface area (Å²) in [6.45, 7) is 0. The quantitative estimate of drug-likeness (QED) is 0.359. The molecule has 3 fully saturated rings. The number of benzene rings is 2. The predicted molar refractivity (Wildman–Crippen MR) is 126 cm³/mol. The third kappa shape index (κ3) is 4.04. The molecule has 182 valence electrons. The van der Waals surface area contributed by atoms with Crippen LogP contribution in [0, 0.1) is 31.6 Å². The Bertz CT molecular complexity index is 1210. The maximum absolute atomic E-state index is 14.0. The summed E-state index contributed by atoms with van der Waals surface area (Å²) in [5.41, 5.74) is 1.01. The number of ether oxygens (including phenoxy) is 1. The average molecular weight is 479 g/mol. The minimum Gasteiger partial charge on any atom is -0.365 e. The van der Waals surface area contributed by atoms with E-state index in [9.17, 15) is 30.1 Å². The number of carbonyl (C=O) groups excluding carboxylic acids is 1. The van der Waals surface area contributed by atoms with Crippen LogP contribution in [0.5, 0.6) is 0 Å². The van der Waals surface area contributed by atoms with Crippen molar-refractivity contribution >= 4 is 23.2 Å². The van der Waals surface area contributed by atoms with Crippen molar-refractivity contribution in [3.63, 3.8) is 0 Å². The number of hydrogen-bond donors (Lipinski definition) is 1. The summed E-state index contributed by atoms with van der Waals surface area (Å²) in [7, 11) is 0. The third-order valence-corrected chi connectivity index (χ3v) is 7.85. The van der Waals surface area contributed by atoms with Crippen LogP contribution >= 0.6 is 0 Å². The Kier molecular flexibility index (Phi) is 5.77. The molecule has 1 saturated heterocycles. The van der Waals surface area contributed by atoms with Gasteiger partial charge in [-0.05, 0) is 79.1 Å². The van der Waals surface area contributed by atoms with E-state index in [-0.39, 0.29) is 23.1 Å². The maximum atomic E-state index is 14.0. The predicted octanol–water partition coefficient (Wildman–Crippen LogP) is 5.28. The van der Waals surface area contributed by atoms with Gasteiger partial charge in [0.25, 0.3) is 11.4 Å². The van der Waals surface area contributed by atoms with Crippen molar-refractivity contribution < 1.29 is 24.5 Å². The molecule has 4 atom stereocenters. The molecule has 1 N–H and O–H groups in total. The van der Waals surface area contributed by atoms with Crippen LogP contribution in [0.4, 0.5) is 11.4 Å². The highest BCUT2D eigenvalue weighted by Crippen LogP contribution is 2.61. The van der Waals surface area contributed by atoms with Gasteiger partial charge in [0.05, 0.1) is 21.4 Å². The van der Waals surface area contributed by atoms with Gasteiger partial charge in [-0.15, -0.1) is 0 Å². The third-order valence-electron chi connectivity index (χ3n) is 7.85. The molecular weight excluding hydrogens is 452 g/mol. The Morgan fingerprint density at radius 1 is 0.943 bits per heavy atom. The molecule has 1 aliphatic heterocycles. The Hall–Kier alpha value is -3.43. The average Bonchev–Trinajstić information content (AvgIpc) is 3.15. The topological polar surface area (TPSA) is 133 Å². The summed E-state index contributed by atoms with van der Waals surface area (Å²) in [5, 5.41) is 33.4. The first-order chi connectivity index (χ1) is 16.7. The van der Waals surface area contributed by atoms with Gasteiger partial charge in [-0.25, -0.2) is 0 Å². The second kappa shape index (κ2) is 8.66. The fraction of sp³-hybridized carbons (Fsp3) is 0.423. The van der Waals surface area contributed by atoms with E-state index in [4.69, 9.17) is 4.74 Å². The van der Waals surface area contributed by atoms with E-state index in [1.807, 2.05) is 0 Å². The Morgan fingerprint density at radius 3 is 2.20 bits per heavy atom. The van der Waals surface area contributed by atoms with Crippen LogP contribution in [-0.4, -0.2) is 26.5 Å². The Labute approximate surface area is 201 Å². The van der Waals surface area contributed by atoms with Crippen molar-refractivity contribution in [2.75, 3.05) is 0 Å². The molecule has 0 bridgehead atoms. The van der Waals surface area contributed by atoms with E-state index in [1.165, 1.54) is 24.3 Å². The van der Waals surface area contributed by atoms with Crippen molar-refractivity contribution in [1.29, 1.82) is 0 Å². The van der Waals surface area contributed by atoms with E-state index in [1.54, 1.807) is 30.3 Å². The number of nitro groups is 2. The summed E-state index contributed by atoms with van der Waals surface area (Å²) in [6, 6.07) is 12.1. The largest absolute Gasteiger partial charge is 0.365 e. The fourth-order valence-corrected chi connectivity index (χ4v) is 6.02. The number of nitrogens with zero attached hydrogens (tertiary/aromatic N) is 2. The highest BCUT2D eigenvalue weighted by molar-refractivity contribution is 6.06. The Balaban J connectivity index is 1.52. The fourth-order valence-electron chi connectivity index (χ4n) is 6.02. The molecular formula is C26H26N2O7. The zero-order valence-electron chi connectivity index (χ0n) is 19.1. The van der Waals surface area contributed by atoms with Crippen LogP contribution < -0.4 is 0 Å². The van der Waals surface area contributed by atoms with Gasteiger partial charge in [-0.1, -0.05) is 6.42 Å². The first kappa shape index (κ1) is 23.3. The van der Waals surface area contributed by atoms with Gasteiger partial charge in [0.15, 0.2) is 11.6 Å². The summed E-state index contributed by atoms with van der Waals surface area (Å²) < 4.78 is 6.38. The monoisotopic (exact) mass is 478 g/mol. The number of ketones is 1. The van der Waals surface area contributed by atoms with Gasteiger partial charge < -0.3 is 9.84 Å². The number of nitro benzene ring substituents is 2. The van der Waals surface area contributed by atoms with Crippen molar-refractivity contribution in [2.24, 2.45) is 11.3 Å². The second-order valence-corrected chi connectivity index (χ2v) is 9.84. The zero-order valence-corrected chi connectivity index (χ0v) is 19.1. The maximum Gasteiger partial charge on any atom is 0.269 e. The minimum atomic E-state index is -1.32. The van der Waals surface area contributed by atoms with Gasteiger partial charge in [0.1, 0.15) is 0 Å². The van der Waals surface area contributed by atoms with Gasteiger partial charge >= 0.3 is 0 Å². The second-order valence-electron chi connectivity index (χ2n) is 9.84. The van der Waals surface area contributed by atoms with Crippen molar-refractivity contribution in [1.82, 2.24) is 0 Å². The van der Waals surface area contributed by atoms with Crippen molar-refractivity contribution in [2.45, 2.75) is 56.8 Å². The number of Topliss-reactive ketones (excluding diaryl/α,β-unsaturated/α-hetero) is 1. The molecule has 2 aromatic rings. The molecule has 1 spiro atoms. The molecule has 1 heterocycles. The Morgan fingerprint density at radius 2 is 1.57 bits per heavy atom. The van der Waals surface area contributed by atoms with E-state index >= 15 is 0 Å². The van der Waals surface area contributed by atoms with Gasteiger partial charge in [-0.3, -0.25) is 25.0 Å². The molecule has 5 rings (SSSR count). The van der Waals surface area contributed by atoms with E-state index in [0.29, 0.717) is 42.4 Å². The number of carbonyl (C=O) groups is 1. The van der Waals surface area contributed by atoms with Gasteiger partial charge in [-0.2, -0.15) is 0 Å². The number of hydrogen-bond acceptors (Lipinski definition) is 7. The minimum absolute atomic E-state index is 0.0168. The normalized spacial score (nSPS) is 31.5. The lowest BCUT2D eigenvalue weighted by molar-refractivity contribution is -0.385. The lowest BCUT2D eigenvalue weighted by Crippen LogP contribution is -2.55. The molecule has 2 aromatic carbocycles. The smallest absolute Gasteiger partial charge is 0.269 e. The van der Waals surface area contributed by atoms with Crippen LogP contribution in [0.3, 0.4) is 0 Å². The van der Waals surface area contributed by atoms with Crippen LogP contribution in [0.2, 0.25) is 0 Å². The van der Waals surface area contributed by atoms with E-state index < -0.39 is 27.2 Å². The van der Waals surface area contributed by atoms with E-state index in [0.717, 1.165) is 19.3 Å². The molecule has 9 nitrogen and oxygen atoms in total. The van der Waals surface area contributed by atoms with Crippen LogP contribution in [0.15, 0.2) is 54.1 Å². The number of aliphatic hydroxyl groups is 1. The van der Waals surface area contributed by atoms with Crippen LogP contribution in [0.25, 0.3) is 6.08 Å². The van der Waals surface area contributed by atoms with Crippen LogP contribution in [0.1, 0.15) is 62.2 Å². The number of fused-ring (bicyclic) bond motifs is 1. The van der Waals surface area contributed by atoms with Crippen molar-refractivity contribution in [3.8, 4) is 0 Å². The molecule has 0 radical (unpaired) electrons. The van der Waals surface area contributed by atoms with Gasteiger partial charge in [0.2, 0.25) is 0 Å². The van der Waals surface area contributed by atoms with Crippen LogP contribution in [-0.2, 0) is 9.53 Å². The van der Waals surface area contributed by atoms with E-state index in [2.05, 4.69) is 0 Å². The molecule has 0 unspecified atom stereocenters. The first-order valence-corrected chi connectivity index (χ1v) is 11.9.